The Balaban J connectivity index is 2.50. The van der Waals surface area contributed by atoms with Gasteiger partial charge in [0, 0.05) is 19.1 Å². The fraction of sp³-hybridized carbons (Fsp3) is 0.455. The van der Waals surface area contributed by atoms with Gasteiger partial charge >= 0.3 is 0 Å². The third-order valence-corrected chi connectivity index (χ3v) is 2.14. The van der Waals surface area contributed by atoms with Crippen LogP contribution in [0, 0.1) is 0 Å². The van der Waals surface area contributed by atoms with Gasteiger partial charge in [-0.15, -0.1) is 0 Å². The van der Waals surface area contributed by atoms with Crippen LogP contribution in [0.2, 0.25) is 0 Å². The van der Waals surface area contributed by atoms with Crippen molar-refractivity contribution >= 4 is 0 Å². The average Bonchev–Trinajstić information content (AvgIpc) is 2.26. The quantitative estimate of drug-likeness (QED) is 0.738. The standard InChI is InChI=1S/C11H18N2O/c1-9(7-12)13-8-10-4-3-5-11(6-10)14-2/h3-6,9,13H,7-8,12H2,1-2H3/t9-/m0/s1. The smallest absolute Gasteiger partial charge is 0.119 e. The Hall–Kier alpha value is -1.06. The summed E-state index contributed by atoms with van der Waals surface area (Å²) < 4.78 is 5.14. The zero-order valence-electron chi connectivity index (χ0n) is 8.79. The molecule has 3 nitrogen and oxygen atoms in total. The van der Waals surface area contributed by atoms with Gasteiger partial charge in [-0.25, -0.2) is 0 Å². The van der Waals surface area contributed by atoms with Crippen LogP contribution in [-0.4, -0.2) is 19.7 Å². The van der Waals surface area contributed by atoms with Gasteiger partial charge in [0.1, 0.15) is 5.75 Å². The summed E-state index contributed by atoms with van der Waals surface area (Å²) in [6, 6.07) is 8.37. The summed E-state index contributed by atoms with van der Waals surface area (Å²) in [5.41, 5.74) is 6.72. The van der Waals surface area contributed by atoms with Crippen LogP contribution in [0.5, 0.6) is 5.75 Å². The van der Waals surface area contributed by atoms with E-state index in [0.29, 0.717) is 12.6 Å². The van der Waals surface area contributed by atoms with Crippen LogP contribution < -0.4 is 15.8 Å². The van der Waals surface area contributed by atoms with E-state index in [9.17, 15) is 0 Å². The van der Waals surface area contributed by atoms with Gasteiger partial charge in [0.05, 0.1) is 7.11 Å². The molecule has 3 heteroatoms. The lowest BCUT2D eigenvalue weighted by Crippen LogP contribution is -2.32. The molecule has 3 N–H and O–H groups in total. The van der Waals surface area contributed by atoms with Gasteiger partial charge in [-0.2, -0.15) is 0 Å². The molecule has 0 saturated carbocycles. The maximum Gasteiger partial charge on any atom is 0.119 e. The number of rotatable bonds is 5. The fourth-order valence-corrected chi connectivity index (χ4v) is 1.16. The Kier molecular flexibility index (Phi) is 4.43. The molecule has 1 atom stereocenters. The predicted octanol–water partition coefficient (Wildman–Crippen LogP) is 1.13. The highest BCUT2D eigenvalue weighted by Crippen LogP contribution is 2.12. The number of nitrogens with one attached hydrogen (secondary N) is 1. The van der Waals surface area contributed by atoms with Crippen molar-refractivity contribution in [3.8, 4) is 5.75 Å². The Morgan fingerprint density at radius 1 is 1.50 bits per heavy atom. The van der Waals surface area contributed by atoms with E-state index in [4.69, 9.17) is 10.5 Å². The van der Waals surface area contributed by atoms with Gasteiger partial charge in [0.15, 0.2) is 0 Å². The minimum atomic E-state index is 0.348. The van der Waals surface area contributed by atoms with E-state index in [1.807, 2.05) is 18.2 Å². The van der Waals surface area contributed by atoms with Crippen LogP contribution in [0.15, 0.2) is 24.3 Å². The topological polar surface area (TPSA) is 47.3 Å². The SMILES string of the molecule is COc1cccc(CN[C@@H](C)CN)c1. The fourth-order valence-electron chi connectivity index (χ4n) is 1.16. The molecule has 0 aromatic heterocycles. The first kappa shape index (κ1) is 11.0. The van der Waals surface area contributed by atoms with E-state index in [1.54, 1.807) is 7.11 Å². The number of benzene rings is 1. The van der Waals surface area contributed by atoms with E-state index >= 15 is 0 Å². The second-order valence-electron chi connectivity index (χ2n) is 3.37. The zero-order valence-corrected chi connectivity index (χ0v) is 8.79. The van der Waals surface area contributed by atoms with Crippen LogP contribution in [-0.2, 0) is 6.54 Å². The van der Waals surface area contributed by atoms with Crippen LogP contribution >= 0.6 is 0 Å². The summed E-state index contributed by atoms with van der Waals surface area (Å²) >= 11 is 0. The largest absolute Gasteiger partial charge is 0.497 e. The first-order valence-corrected chi connectivity index (χ1v) is 4.82. The summed E-state index contributed by atoms with van der Waals surface area (Å²) in [5, 5.41) is 3.32. The molecule has 1 aromatic carbocycles. The molecule has 0 saturated heterocycles. The van der Waals surface area contributed by atoms with Gasteiger partial charge in [0.2, 0.25) is 0 Å². The Bertz CT molecular complexity index is 276. The van der Waals surface area contributed by atoms with Crippen molar-refractivity contribution in [2.45, 2.75) is 19.5 Å². The number of hydrogen-bond acceptors (Lipinski definition) is 3. The van der Waals surface area contributed by atoms with Crippen LogP contribution in [0.1, 0.15) is 12.5 Å². The Morgan fingerprint density at radius 3 is 2.93 bits per heavy atom. The minimum Gasteiger partial charge on any atom is -0.497 e. The number of ether oxygens (including phenoxy) is 1. The van der Waals surface area contributed by atoms with Gasteiger partial charge < -0.3 is 15.8 Å². The molecular formula is C11H18N2O. The van der Waals surface area contributed by atoms with Crippen LogP contribution in [0.3, 0.4) is 0 Å². The van der Waals surface area contributed by atoms with Crippen molar-refractivity contribution in [2.75, 3.05) is 13.7 Å². The summed E-state index contributed by atoms with van der Waals surface area (Å²) in [6.45, 7) is 3.56. The van der Waals surface area contributed by atoms with Gasteiger partial charge in [-0.1, -0.05) is 12.1 Å². The van der Waals surface area contributed by atoms with Crippen molar-refractivity contribution in [3.05, 3.63) is 29.8 Å². The second kappa shape index (κ2) is 5.62. The van der Waals surface area contributed by atoms with Crippen molar-refractivity contribution in [2.24, 2.45) is 5.73 Å². The molecule has 0 aliphatic rings. The third kappa shape index (κ3) is 3.36. The lowest BCUT2D eigenvalue weighted by Gasteiger charge is -2.11. The van der Waals surface area contributed by atoms with Crippen LogP contribution in [0.25, 0.3) is 0 Å². The van der Waals surface area contributed by atoms with Gasteiger partial charge in [-0.3, -0.25) is 0 Å². The third-order valence-electron chi connectivity index (χ3n) is 2.14. The van der Waals surface area contributed by atoms with E-state index < -0.39 is 0 Å². The first-order valence-electron chi connectivity index (χ1n) is 4.82. The normalized spacial score (nSPS) is 12.5. The Morgan fingerprint density at radius 2 is 2.29 bits per heavy atom. The van der Waals surface area contributed by atoms with Crippen molar-refractivity contribution < 1.29 is 4.74 Å². The molecule has 78 valence electrons. The highest BCUT2D eigenvalue weighted by atomic mass is 16.5. The minimum absolute atomic E-state index is 0.348. The number of methoxy groups -OCH3 is 1. The molecule has 0 bridgehead atoms. The molecule has 0 unspecified atom stereocenters. The van der Waals surface area contributed by atoms with Crippen molar-refractivity contribution in [3.63, 3.8) is 0 Å². The van der Waals surface area contributed by atoms with Crippen LogP contribution in [0.4, 0.5) is 0 Å². The van der Waals surface area contributed by atoms with E-state index in [2.05, 4.69) is 18.3 Å². The molecule has 0 heterocycles. The molecule has 0 amide bonds. The van der Waals surface area contributed by atoms with Crippen molar-refractivity contribution in [1.29, 1.82) is 0 Å². The molecular weight excluding hydrogens is 176 g/mol. The lowest BCUT2D eigenvalue weighted by atomic mass is 10.2. The maximum atomic E-state index is 5.51. The monoisotopic (exact) mass is 194 g/mol. The molecule has 0 radical (unpaired) electrons. The summed E-state index contributed by atoms with van der Waals surface area (Å²) in [6.07, 6.45) is 0. The van der Waals surface area contributed by atoms with E-state index in [-0.39, 0.29) is 0 Å². The molecule has 0 aliphatic heterocycles. The summed E-state index contributed by atoms with van der Waals surface area (Å²) in [5.74, 6) is 0.893. The number of nitrogens with two attached hydrogens (primary N) is 1. The average molecular weight is 194 g/mol. The molecule has 1 aromatic rings. The molecule has 0 fully saturated rings. The highest BCUT2D eigenvalue weighted by Gasteiger charge is 1.99. The Labute approximate surface area is 85.3 Å². The summed E-state index contributed by atoms with van der Waals surface area (Å²) in [4.78, 5) is 0. The maximum absolute atomic E-state index is 5.51. The highest BCUT2D eigenvalue weighted by molar-refractivity contribution is 5.28. The van der Waals surface area contributed by atoms with Crippen molar-refractivity contribution in [1.82, 2.24) is 5.32 Å². The van der Waals surface area contributed by atoms with Gasteiger partial charge in [0.25, 0.3) is 0 Å². The first-order chi connectivity index (χ1) is 6.76. The van der Waals surface area contributed by atoms with Gasteiger partial charge in [-0.05, 0) is 24.6 Å². The number of hydrogen-bond donors (Lipinski definition) is 2. The van der Waals surface area contributed by atoms with E-state index in [0.717, 1.165) is 12.3 Å². The zero-order chi connectivity index (χ0) is 10.4. The molecule has 0 aliphatic carbocycles. The van der Waals surface area contributed by atoms with E-state index in [1.165, 1.54) is 5.56 Å². The lowest BCUT2D eigenvalue weighted by molar-refractivity contribution is 0.414. The molecule has 0 spiro atoms. The predicted molar refractivity (Wildman–Crippen MR) is 58.4 cm³/mol. The molecule has 14 heavy (non-hydrogen) atoms. The second-order valence-corrected chi connectivity index (χ2v) is 3.37. The summed E-state index contributed by atoms with van der Waals surface area (Å²) in [7, 11) is 1.68. The molecule has 1 rings (SSSR count).